The lowest BCUT2D eigenvalue weighted by atomic mass is 9.94. The smallest absolute Gasteiger partial charge is 0.338 e. The van der Waals surface area contributed by atoms with Gasteiger partial charge in [0, 0.05) is 12.2 Å². The van der Waals surface area contributed by atoms with Crippen LogP contribution >= 0.6 is 0 Å². The second kappa shape index (κ2) is 8.90. The number of rotatable bonds is 5. The van der Waals surface area contributed by atoms with Gasteiger partial charge in [0.15, 0.2) is 0 Å². The maximum absolute atomic E-state index is 12.6. The second-order valence-corrected chi connectivity index (χ2v) is 6.88. The molecule has 0 aliphatic carbocycles. The van der Waals surface area contributed by atoms with Crippen molar-refractivity contribution in [3.63, 3.8) is 0 Å². The van der Waals surface area contributed by atoms with Gasteiger partial charge >= 0.3 is 12.0 Å². The van der Waals surface area contributed by atoms with Crippen molar-refractivity contribution in [3.8, 4) is 5.75 Å². The van der Waals surface area contributed by atoms with Gasteiger partial charge in [-0.15, -0.1) is 0 Å². The molecule has 1 saturated heterocycles. The van der Waals surface area contributed by atoms with Crippen molar-refractivity contribution in [1.29, 1.82) is 0 Å². The summed E-state index contributed by atoms with van der Waals surface area (Å²) in [5, 5.41) is 5.68. The topological polar surface area (TPSA) is 79.9 Å². The molecular formula is C20H27N3O4. The van der Waals surface area contributed by atoms with Crippen LogP contribution < -0.4 is 15.4 Å². The number of urea groups is 1. The van der Waals surface area contributed by atoms with E-state index in [1.165, 1.54) is 20.0 Å². The Morgan fingerprint density at radius 3 is 2.59 bits per heavy atom. The predicted molar refractivity (Wildman–Crippen MR) is 101 cm³/mol. The van der Waals surface area contributed by atoms with Gasteiger partial charge in [-0.05, 0) is 43.6 Å². The Kier molecular flexibility index (Phi) is 6.34. The van der Waals surface area contributed by atoms with E-state index in [2.05, 4.69) is 15.5 Å². The van der Waals surface area contributed by atoms with Crippen LogP contribution in [-0.4, -0.2) is 50.8 Å². The summed E-state index contributed by atoms with van der Waals surface area (Å²) < 4.78 is 10.3. The number of nitrogens with zero attached hydrogens (tertiary/aromatic N) is 1. The van der Waals surface area contributed by atoms with Gasteiger partial charge in [-0.3, -0.25) is 4.90 Å². The largest absolute Gasteiger partial charge is 0.497 e. The molecular weight excluding hydrogens is 346 g/mol. The molecule has 3 rings (SSSR count). The van der Waals surface area contributed by atoms with Gasteiger partial charge in [0.2, 0.25) is 0 Å². The summed E-state index contributed by atoms with van der Waals surface area (Å²) >= 11 is 0. The van der Waals surface area contributed by atoms with Gasteiger partial charge in [0.25, 0.3) is 0 Å². The van der Waals surface area contributed by atoms with Crippen LogP contribution in [0, 0.1) is 0 Å². The molecule has 1 atom stereocenters. The zero-order valence-electron chi connectivity index (χ0n) is 15.9. The quantitative estimate of drug-likeness (QED) is 0.775. The molecule has 2 aliphatic heterocycles. The molecule has 0 saturated carbocycles. The number of hydrogen-bond acceptors (Lipinski definition) is 5. The highest BCUT2D eigenvalue weighted by molar-refractivity contribution is 5.95. The van der Waals surface area contributed by atoms with Crippen molar-refractivity contribution in [2.24, 2.45) is 0 Å². The number of hydrogen-bond donors (Lipinski definition) is 2. The average Bonchev–Trinajstić information content (AvgIpc) is 2.95. The third-order valence-corrected chi connectivity index (χ3v) is 5.07. The molecule has 1 fully saturated rings. The summed E-state index contributed by atoms with van der Waals surface area (Å²) in [4.78, 5) is 27.2. The fraction of sp³-hybridized carbons (Fsp3) is 0.500. The van der Waals surface area contributed by atoms with Crippen LogP contribution in [0.5, 0.6) is 5.75 Å². The van der Waals surface area contributed by atoms with E-state index in [1.807, 2.05) is 24.3 Å². The number of carbonyl (C=O) groups is 2. The molecule has 0 radical (unpaired) electrons. The number of ether oxygens (including phenoxy) is 2. The van der Waals surface area contributed by atoms with Gasteiger partial charge in [-0.25, -0.2) is 9.59 Å². The summed E-state index contributed by atoms with van der Waals surface area (Å²) in [5.41, 5.74) is 1.83. The molecule has 7 nitrogen and oxygen atoms in total. The SMILES string of the molecule is COC(=O)C1=C(CN2CCCCCC2)NC(=O)N[C@@H]1c1cccc(OC)c1. The Hall–Kier alpha value is -2.54. The normalized spacial score (nSPS) is 21.1. The van der Waals surface area contributed by atoms with Crippen molar-refractivity contribution in [1.82, 2.24) is 15.5 Å². The molecule has 146 valence electrons. The van der Waals surface area contributed by atoms with Crippen LogP contribution in [0.2, 0.25) is 0 Å². The zero-order valence-corrected chi connectivity index (χ0v) is 15.9. The molecule has 2 N–H and O–H groups in total. The molecule has 1 aromatic carbocycles. The number of amides is 2. The van der Waals surface area contributed by atoms with Crippen LogP contribution in [0.15, 0.2) is 35.5 Å². The lowest BCUT2D eigenvalue weighted by molar-refractivity contribution is -0.136. The number of nitrogens with one attached hydrogen (secondary N) is 2. The Labute approximate surface area is 159 Å². The standard InChI is InChI=1S/C20H27N3O4/c1-26-15-9-7-8-14(12-15)18-17(19(24)27-2)16(21-20(25)22-18)13-23-10-5-3-4-6-11-23/h7-9,12,18H,3-6,10-11,13H2,1-2H3,(H2,21,22,25)/t18-/m1/s1. The monoisotopic (exact) mass is 373 g/mol. The zero-order chi connectivity index (χ0) is 19.2. The van der Waals surface area contributed by atoms with E-state index in [1.54, 1.807) is 7.11 Å². The molecule has 0 bridgehead atoms. The lowest BCUT2D eigenvalue weighted by Gasteiger charge is -2.31. The lowest BCUT2D eigenvalue weighted by Crippen LogP contribution is -2.48. The van der Waals surface area contributed by atoms with Crippen LogP contribution in [0.25, 0.3) is 0 Å². The first kappa shape index (κ1) is 19.2. The van der Waals surface area contributed by atoms with Crippen molar-refractivity contribution in [2.75, 3.05) is 33.9 Å². The molecule has 1 aromatic rings. The van der Waals surface area contributed by atoms with Gasteiger partial charge in [0.05, 0.1) is 25.8 Å². The first-order chi connectivity index (χ1) is 13.1. The molecule has 2 heterocycles. The fourth-order valence-corrected chi connectivity index (χ4v) is 3.68. The molecule has 0 aromatic heterocycles. The second-order valence-electron chi connectivity index (χ2n) is 6.88. The summed E-state index contributed by atoms with van der Waals surface area (Å²) in [5.74, 6) is 0.221. The van der Waals surface area contributed by atoms with Gasteiger partial charge in [0.1, 0.15) is 5.75 Å². The van der Waals surface area contributed by atoms with Crippen molar-refractivity contribution in [2.45, 2.75) is 31.7 Å². The van der Waals surface area contributed by atoms with Crippen LogP contribution in [0.1, 0.15) is 37.3 Å². The van der Waals surface area contributed by atoms with E-state index in [0.717, 1.165) is 31.5 Å². The summed E-state index contributed by atoms with van der Waals surface area (Å²) in [6, 6.07) is 6.45. The Morgan fingerprint density at radius 1 is 1.19 bits per heavy atom. The third-order valence-electron chi connectivity index (χ3n) is 5.07. The van der Waals surface area contributed by atoms with Gasteiger partial charge in [-0.1, -0.05) is 25.0 Å². The average molecular weight is 373 g/mol. The third kappa shape index (κ3) is 4.60. The van der Waals surface area contributed by atoms with Gasteiger partial charge in [-0.2, -0.15) is 0 Å². The number of methoxy groups -OCH3 is 2. The number of likely N-dealkylation sites (tertiary alicyclic amines) is 1. The minimum atomic E-state index is -0.580. The highest BCUT2D eigenvalue weighted by Crippen LogP contribution is 2.30. The minimum absolute atomic E-state index is 0.319. The summed E-state index contributed by atoms with van der Waals surface area (Å²) in [7, 11) is 2.94. The van der Waals surface area contributed by atoms with E-state index in [4.69, 9.17) is 9.47 Å². The summed E-state index contributed by atoms with van der Waals surface area (Å²) in [6.07, 6.45) is 4.71. The molecule has 27 heavy (non-hydrogen) atoms. The Bertz CT molecular complexity index is 724. The first-order valence-electron chi connectivity index (χ1n) is 9.37. The van der Waals surface area contributed by atoms with Crippen molar-refractivity contribution >= 4 is 12.0 Å². The van der Waals surface area contributed by atoms with Crippen molar-refractivity contribution in [3.05, 3.63) is 41.1 Å². The summed E-state index contributed by atoms with van der Waals surface area (Å²) in [6.45, 7) is 2.45. The van der Waals surface area contributed by atoms with Crippen molar-refractivity contribution < 1.29 is 19.1 Å². The molecule has 2 aliphatic rings. The molecule has 0 spiro atoms. The fourth-order valence-electron chi connectivity index (χ4n) is 3.68. The van der Waals surface area contributed by atoms with Crippen LogP contribution in [0.4, 0.5) is 4.79 Å². The van der Waals surface area contributed by atoms with Crippen LogP contribution in [0.3, 0.4) is 0 Å². The number of carbonyl (C=O) groups excluding carboxylic acids is 2. The maximum Gasteiger partial charge on any atom is 0.338 e. The Morgan fingerprint density at radius 2 is 1.93 bits per heavy atom. The van der Waals surface area contributed by atoms with Crippen LogP contribution in [-0.2, 0) is 9.53 Å². The van der Waals surface area contributed by atoms with Gasteiger partial charge < -0.3 is 20.1 Å². The van der Waals surface area contributed by atoms with E-state index >= 15 is 0 Å². The highest BCUT2D eigenvalue weighted by Gasteiger charge is 2.34. The molecule has 2 amide bonds. The van der Waals surface area contributed by atoms with E-state index in [-0.39, 0.29) is 6.03 Å². The van der Waals surface area contributed by atoms with E-state index in [0.29, 0.717) is 23.6 Å². The minimum Gasteiger partial charge on any atom is -0.497 e. The predicted octanol–water partition coefficient (Wildman–Crippen LogP) is 2.35. The first-order valence-corrected chi connectivity index (χ1v) is 9.37. The molecule has 0 unspecified atom stereocenters. The molecule has 7 heteroatoms. The van der Waals surface area contributed by atoms with E-state index in [9.17, 15) is 9.59 Å². The Balaban J connectivity index is 1.97. The maximum atomic E-state index is 12.6. The number of benzene rings is 1. The van der Waals surface area contributed by atoms with E-state index < -0.39 is 12.0 Å². The highest BCUT2D eigenvalue weighted by atomic mass is 16.5. The number of esters is 1.